The van der Waals surface area contributed by atoms with Crippen molar-refractivity contribution < 1.29 is 19.4 Å². The van der Waals surface area contributed by atoms with Crippen LogP contribution >= 0.6 is 0 Å². The first-order valence-corrected chi connectivity index (χ1v) is 7.38. The van der Waals surface area contributed by atoms with E-state index in [-0.39, 0.29) is 17.6 Å². The van der Waals surface area contributed by atoms with Gasteiger partial charge in [-0.3, -0.25) is 4.79 Å². The summed E-state index contributed by atoms with van der Waals surface area (Å²) in [5, 5.41) is 9.01. The Bertz CT molecular complexity index is 563. The van der Waals surface area contributed by atoms with Gasteiger partial charge in [-0.05, 0) is 42.5 Å². The van der Waals surface area contributed by atoms with E-state index in [1.165, 1.54) is 0 Å². The van der Waals surface area contributed by atoms with Gasteiger partial charge in [0.15, 0.2) is 0 Å². The van der Waals surface area contributed by atoms with E-state index in [9.17, 15) is 9.59 Å². The number of nitrogens with zero attached hydrogens (tertiary/aromatic N) is 1. The fraction of sp³-hybridized carbons (Fsp3) is 0.500. The van der Waals surface area contributed by atoms with E-state index in [0.717, 1.165) is 37.0 Å². The molecular weight excluding hydrogens is 270 g/mol. The number of fused-ring (bicyclic) bond motifs is 1. The molecule has 1 amide bonds. The Morgan fingerprint density at radius 2 is 2.05 bits per heavy atom. The Morgan fingerprint density at radius 1 is 1.24 bits per heavy atom. The minimum absolute atomic E-state index is 0.0459. The van der Waals surface area contributed by atoms with Crippen LogP contribution in [0, 0.1) is 0 Å². The minimum Gasteiger partial charge on any atom is -0.478 e. The van der Waals surface area contributed by atoms with Crippen LogP contribution in [0.25, 0.3) is 0 Å². The molecule has 5 heteroatoms. The maximum atomic E-state index is 12.3. The second kappa shape index (κ2) is 5.85. The molecule has 1 aromatic rings. The Morgan fingerprint density at radius 3 is 2.76 bits per heavy atom. The lowest BCUT2D eigenvalue weighted by Gasteiger charge is -2.24. The van der Waals surface area contributed by atoms with Gasteiger partial charge in [-0.15, -0.1) is 0 Å². The second-order valence-electron chi connectivity index (χ2n) is 5.73. The minimum atomic E-state index is -0.932. The number of carboxylic acids is 1. The summed E-state index contributed by atoms with van der Waals surface area (Å²) in [6.07, 6.45) is 3.64. The van der Waals surface area contributed by atoms with Gasteiger partial charge in [0.05, 0.1) is 18.1 Å². The van der Waals surface area contributed by atoms with Crippen molar-refractivity contribution >= 4 is 11.9 Å². The smallest absolute Gasteiger partial charge is 0.335 e. The quantitative estimate of drug-likeness (QED) is 0.926. The summed E-state index contributed by atoms with van der Waals surface area (Å²) in [5.41, 5.74) is 2.25. The zero-order chi connectivity index (χ0) is 14.8. The highest BCUT2D eigenvalue weighted by Gasteiger charge is 2.27. The molecule has 0 bridgehead atoms. The van der Waals surface area contributed by atoms with Crippen molar-refractivity contribution in [3.05, 3.63) is 34.9 Å². The van der Waals surface area contributed by atoms with Crippen LogP contribution in [-0.4, -0.2) is 34.6 Å². The van der Waals surface area contributed by atoms with Crippen molar-refractivity contribution in [1.29, 1.82) is 0 Å². The molecule has 21 heavy (non-hydrogen) atoms. The number of carbonyl (C=O) groups excluding carboxylic acids is 1. The molecule has 3 rings (SSSR count). The number of carboxylic acid groups (broad SMARTS) is 1. The van der Waals surface area contributed by atoms with Crippen molar-refractivity contribution in [2.75, 3.05) is 6.61 Å². The van der Waals surface area contributed by atoms with Crippen molar-refractivity contribution in [1.82, 2.24) is 4.90 Å². The van der Waals surface area contributed by atoms with E-state index in [4.69, 9.17) is 9.84 Å². The van der Waals surface area contributed by atoms with E-state index in [2.05, 4.69) is 0 Å². The zero-order valence-corrected chi connectivity index (χ0v) is 11.9. The summed E-state index contributed by atoms with van der Waals surface area (Å²) in [4.78, 5) is 25.1. The average molecular weight is 289 g/mol. The summed E-state index contributed by atoms with van der Waals surface area (Å²) in [6, 6.07) is 5.07. The fourth-order valence-electron chi connectivity index (χ4n) is 3.00. The lowest BCUT2D eigenvalue weighted by atomic mass is 10.1. The van der Waals surface area contributed by atoms with E-state index in [0.29, 0.717) is 19.5 Å². The molecule has 5 nitrogen and oxygen atoms in total. The molecule has 112 valence electrons. The van der Waals surface area contributed by atoms with Gasteiger partial charge in [-0.1, -0.05) is 6.07 Å². The molecule has 0 saturated carbocycles. The van der Waals surface area contributed by atoms with Gasteiger partial charge in [0.25, 0.3) is 0 Å². The summed E-state index contributed by atoms with van der Waals surface area (Å²) >= 11 is 0. The third kappa shape index (κ3) is 3.08. The maximum absolute atomic E-state index is 12.3. The summed E-state index contributed by atoms with van der Waals surface area (Å²) in [6.45, 7) is 1.82. The molecule has 1 atom stereocenters. The standard InChI is InChI=1S/C16H19NO4/c18-15(8-14-3-1-2-6-21-14)17-9-12-5-4-11(16(19)20)7-13(12)10-17/h4-5,7,14H,1-3,6,8-10H2,(H,19,20). The highest BCUT2D eigenvalue weighted by Crippen LogP contribution is 2.26. The average Bonchev–Trinajstić information content (AvgIpc) is 2.91. The van der Waals surface area contributed by atoms with Crippen LogP contribution in [-0.2, 0) is 22.6 Å². The van der Waals surface area contributed by atoms with E-state index in [1.54, 1.807) is 17.0 Å². The first kappa shape index (κ1) is 14.1. The van der Waals surface area contributed by atoms with E-state index >= 15 is 0 Å². The molecule has 2 aliphatic heterocycles. The molecule has 2 aliphatic rings. The number of hydrogen-bond donors (Lipinski definition) is 1. The number of aromatic carboxylic acids is 1. The highest BCUT2D eigenvalue weighted by molar-refractivity contribution is 5.88. The van der Waals surface area contributed by atoms with Crippen LogP contribution in [0.4, 0.5) is 0 Å². The van der Waals surface area contributed by atoms with Crippen molar-refractivity contribution in [2.45, 2.75) is 44.9 Å². The molecule has 0 aromatic heterocycles. The second-order valence-corrected chi connectivity index (χ2v) is 5.73. The van der Waals surface area contributed by atoms with Gasteiger partial charge in [0, 0.05) is 19.7 Å². The predicted molar refractivity (Wildman–Crippen MR) is 75.9 cm³/mol. The third-order valence-corrected chi connectivity index (χ3v) is 4.20. The number of rotatable bonds is 3. The Balaban J connectivity index is 1.63. The number of amides is 1. The van der Waals surface area contributed by atoms with Crippen LogP contribution in [0.5, 0.6) is 0 Å². The number of hydrogen-bond acceptors (Lipinski definition) is 3. The Labute approximate surface area is 123 Å². The first-order chi connectivity index (χ1) is 10.1. The Hall–Kier alpha value is -1.88. The molecule has 1 fully saturated rings. The van der Waals surface area contributed by atoms with Crippen LogP contribution < -0.4 is 0 Å². The largest absolute Gasteiger partial charge is 0.478 e. The molecule has 1 saturated heterocycles. The van der Waals surface area contributed by atoms with E-state index in [1.807, 2.05) is 6.07 Å². The van der Waals surface area contributed by atoms with Gasteiger partial charge in [-0.2, -0.15) is 0 Å². The van der Waals surface area contributed by atoms with Gasteiger partial charge >= 0.3 is 5.97 Å². The molecular formula is C16H19NO4. The molecule has 0 aliphatic carbocycles. The molecule has 1 unspecified atom stereocenters. The number of ether oxygens (including phenoxy) is 1. The van der Waals surface area contributed by atoms with Crippen LogP contribution in [0.2, 0.25) is 0 Å². The summed E-state index contributed by atoms with van der Waals surface area (Å²) in [5.74, 6) is -0.840. The van der Waals surface area contributed by atoms with Gasteiger partial charge in [0.1, 0.15) is 0 Å². The number of benzene rings is 1. The van der Waals surface area contributed by atoms with Crippen molar-refractivity contribution in [3.63, 3.8) is 0 Å². The zero-order valence-electron chi connectivity index (χ0n) is 11.9. The van der Waals surface area contributed by atoms with E-state index < -0.39 is 5.97 Å². The van der Waals surface area contributed by atoms with Gasteiger partial charge in [-0.25, -0.2) is 4.79 Å². The normalized spacial score (nSPS) is 21.1. The molecule has 0 radical (unpaired) electrons. The highest BCUT2D eigenvalue weighted by atomic mass is 16.5. The molecule has 2 heterocycles. The van der Waals surface area contributed by atoms with Crippen molar-refractivity contribution in [2.24, 2.45) is 0 Å². The Kier molecular flexibility index (Phi) is 3.92. The lowest BCUT2D eigenvalue weighted by molar-refractivity contribution is -0.135. The fourth-order valence-corrected chi connectivity index (χ4v) is 3.00. The molecule has 1 aromatic carbocycles. The summed E-state index contributed by atoms with van der Waals surface area (Å²) < 4.78 is 5.61. The van der Waals surface area contributed by atoms with Gasteiger partial charge in [0.2, 0.25) is 5.91 Å². The lowest BCUT2D eigenvalue weighted by Crippen LogP contribution is -2.31. The first-order valence-electron chi connectivity index (χ1n) is 7.38. The molecule has 1 N–H and O–H groups in total. The van der Waals surface area contributed by atoms with Crippen molar-refractivity contribution in [3.8, 4) is 0 Å². The third-order valence-electron chi connectivity index (χ3n) is 4.20. The number of carbonyl (C=O) groups is 2. The topological polar surface area (TPSA) is 66.8 Å². The monoisotopic (exact) mass is 289 g/mol. The summed E-state index contributed by atoms with van der Waals surface area (Å²) in [7, 11) is 0. The van der Waals surface area contributed by atoms with Crippen LogP contribution in [0.3, 0.4) is 0 Å². The molecule has 0 spiro atoms. The van der Waals surface area contributed by atoms with Crippen LogP contribution in [0.1, 0.15) is 47.2 Å². The van der Waals surface area contributed by atoms with Crippen LogP contribution in [0.15, 0.2) is 18.2 Å². The SMILES string of the molecule is O=C(O)c1ccc2c(c1)CN(C(=O)CC1CCCCO1)C2. The van der Waals surface area contributed by atoms with Gasteiger partial charge < -0.3 is 14.7 Å². The predicted octanol–water partition coefficient (Wildman–Crippen LogP) is 2.19. The maximum Gasteiger partial charge on any atom is 0.335 e.